The number of rotatable bonds is 6. The van der Waals surface area contributed by atoms with Gasteiger partial charge >= 0.3 is 6.09 Å². The molecule has 2 aromatic carbocycles. The second kappa shape index (κ2) is 11.6. The van der Waals surface area contributed by atoms with Crippen LogP contribution in [0.2, 0.25) is 5.02 Å². The summed E-state index contributed by atoms with van der Waals surface area (Å²) in [6.45, 7) is 10.3. The van der Waals surface area contributed by atoms with E-state index in [2.05, 4.69) is 25.8 Å². The van der Waals surface area contributed by atoms with Crippen molar-refractivity contribution >= 4 is 54.4 Å². The number of nitrogens with zero attached hydrogens (tertiary/aromatic N) is 4. The third kappa shape index (κ3) is 7.00. The van der Waals surface area contributed by atoms with Gasteiger partial charge in [0, 0.05) is 42.2 Å². The maximum Gasteiger partial charge on any atom is 0.410 e. The number of amides is 1. The standard InChI is InChI=1S/C27H32BrClN4O5S/c1-5-39(36,37)24-7-6-20(29)12-19(24)16-33-17-30-23-13-18(22(28)14-21(23)25(33)34)15-31-8-10-32(11-9-31)26(35)38-27(2,3)4/h6-7,12-14,17H,5,8-11,15-16H2,1-4H3. The molecule has 1 fully saturated rings. The molecule has 0 aliphatic carbocycles. The fourth-order valence-corrected chi connectivity index (χ4v) is 6.20. The molecule has 1 aliphatic heterocycles. The second-order valence-corrected chi connectivity index (χ2v) is 14.1. The van der Waals surface area contributed by atoms with Crippen LogP contribution in [0.25, 0.3) is 10.9 Å². The van der Waals surface area contributed by atoms with E-state index in [1.54, 1.807) is 24.0 Å². The minimum absolute atomic E-state index is 0.0260. The zero-order valence-electron chi connectivity index (χ0n) is 22.4. The molecule has 3 aromatic rings. The van der Waals surface area contributed by atoms with Crippen LogP contribution in [0.5, 0.6) is 0 Å². The van der Waals surface area contributed by atoms with E-state index in [9.17, 15) is 18.0 Å². The number of piperazine rings is 1. The first-order valence-corrected chi connectivity index (χ1v) is 15.5. The maximum atomic E-state index is 13.4. The van der Waals surface area contributed by atoms with Crippen LogP contribution in [-0.2, 0) is 27.7 Å². The quantitative estimate of drug-likeness (QED) is 0.385. The molecule has 210 valence electrons. The van der Waals surface area contributed by atoms with Gasteiger partial charge in [-0.2, -0.15) is 0 Å². The van der Waals surface area contributed by atoms with E-state index in [-0.39, 0.29) is 28.8 Å². The van der Waals surface area contributed by atoms with Crippen molar-refractivity contribution in [2.45, 2.75) is 51.3 Å². The number of carbonyl (C=O) groups excluding carboxylic acids is 1. The summed E-state index contributed by atoms with van der Waals surface area (Å²) >= 11 is 9.76. The number of hydrogen-bond acceptors (Lipinski definition) is 7. The van der Waals surface area contributed by atoms with Gasteiger partial charge in [-0.1, -0.05) is 34.5 Å². The van der Waals surface area contributed by atoms with Crippen molar-refractivity contribution in [3.05, 3.63) is 67.6 Å². The number of sulfone groups is 1. The Morgan fingerprint density at radius 2 is 1.77 bits per heavy atom. The lowest BCUT2D eigenvalue weighted by atomic mass is 10.1. The van der Waals surface area contributed by atoms with Crippen LogP contribution >= 0.6 is 27.5 Å². The molecule has 0 atom stereocenters. The smallest absolute Gasteiger partial charge is 0.410 e. The minimum atomic E-state index is -3.50. The van der Waals surface area contributed by atoms with Crippen molar-refractivity contribution in [3.8, 4) is 0 Å². The van der Waals surface area contributed by atoms with E-state index in [1.165, 1.54) is 23.0 Å². The van der Waals surface area contributed by atoms with E-state index in [0.717, 1.165) is 10.0 Å². The van der Waals surface area contributed by atoms with Crippen molar-refractivity contribution in [2.75, 3.05) is 31.9 Å². The summed E-state index contributed by atoms with van der Waals surface area (Å²) in [4.78, 5) is 34.3. The predicted octanol–water partition coefficient (Wildman–Crippen LogP) is 4.71. The first-order chi connectivity index (χ1) is 18.3. The molecule has 9 nitrogen and oxygen atoms in total. The molecule has 0 saturated carbocycles. The Kier molecular flexibility index (Phi) is 8.75. The Morgan fingerprint density at radius 1 is 1.08 bits per heavy atom. The highest BCUT2D eigenvalue weighted by Crippen LogP contribution is 2.25. The monoisotopic (exact) mass is 638 g/mol. The zero-order chi connectivity index (χ0) is 28.5. The highest BCUT2D eigenvalue weighted by Gasteiger charge is 2.26. The van der Waals surface area contributed by atoms with Crippen molar-refractivity contribution in [3.63, 3.8) is 0 Å². The summed E-state index contributed by atoms with van der Waals surface area (Å²) in [6.07, 6.45) is 1.14. The van der Waals surface area contributed by atoms with Gasteiger partial charge in [-0.25, -0.2) is 18.2 Å². The lowest BCUT2D eigenvalue weighted by Crippen LogP contribution is -2.49. The summed E-state index contributed by atoms with van der Waals surface area (Å²) < 4.78 is 32.8. The number of benzene rings is 2. The van der Waals surface area contributed by atoms with Gasteiger partial charge in [0.2, 0.25) is 0 Å². The van der Waals surface area contributed by atoms with Gasteiger partial charge in [-0.15, -0.1) is 0 Å². The molecule has 12 heteroatoms. The largest absolute Gasteiger partial charge is 0.444 e. The Morgan fingerprint density at radius 3 is 2.41 bits per heavy atom. The second-order valence-electron chi connectivity index (χ2n) is 10.5. The number of aromatic nitrogens is 2. The third-order valence-corrected chi connectivity index (χ3v) is 9.29. The van der Waals surface area contributed by atoms with Crippen LogP contribution < -0.4 is 5.56 Å². The van der Waals surface area contributed by atoms with Gasteiger partial charge in [0.05, 0.1) is 34.4 Å². The fraction of sp³-hybridized carbons (Fsp3) is 0.444. The van der Waals surface area contributed by atoms with Crippen molar-refractivity contribution in [2.24, 2.45) is 0 Å². The van der Waals surface area contributed by atoms with Gasteiger partial charge in [0.15, 0.2) is 9.84 Å². The molecule has 1 aromatic heterocycles. The molecule has 39 heavy (non-hydrogen) atoms. The molecule has 4 rings (SSSR count). The number of hydrogen-bond donors (Lipinski definition) is 0. The topological polar surface area (TPSA) is 102 Å². The Bertz CT molecular complexity index is 1560. The van der Waals surface area contributed by atoms with Crippen molar-refractivity contribution in [1.29, 1.82) is 0 Å². The van der Waals surface area contributed by atoms with Crippen LogP contribution in [0.1, 0.15) is 38.8 Å². The van der Waals surface area contributed by atoms with Crippen molar-refractivity contribution < 1.29 is 17.9 Å². The minimum Gasteiger partial charge on any atom is -0.444 e. The van der Waals surface area contributed by atoms with Gasteiger partial charge < -0.3 is 9.64 Å². The average molecular weight is 640 g/mol. The SMILES string of the molecule is CCS(=O)(=O)c1ccc(Cl)cc1Cn1cnc2cc(CN3CCN(C(=O)OC(C)(C)C)CC3)c(Br)cc2c1=O. The van der Waals surface area contributed by atoms with Crippen molar-refractivity contribution in [1.82, 2.24) is 19.4 Å². The summed E-state index contributed by atoms with van der Waals surface area (Å²) in [5, 5.41) is 0.811. The Labute approximate surface area is 241 Å². The van der Waals surface area contributed by atoms with Gasteiger partial charge in [-0.05, 0) is 62.2 Å². The van der Waals surface area contributed by atoms with E-state index in [4.69, 9.17) is 16.3 Å². The molecular weight excluding hydrogens is 608 g/mol. The lowest BCUT2D eigenvalue weighted by molar-refractivity contribution is 0.0139. The average Bonchev–Trinajstić information content (AvgIpc) is 2.86. The lowest BCUT2D eigenvalue weighted by Gasteiger charge is -2.35. The van der Waals surface area contributed by atoms with Crippen LogP contribution in [0.15, 0.2) is 50.8 Å². The molecule has 1 aliphatic rings. The predicted molar refractivity (Wildman–Crippen MR) is 155 cm³/mol. The molecule has 2 heterocycles. The first kappa shape index (κ1) is 29.5. The number of halogens is 2. The Hall–Kier alpha value is -2.47. The van der Waals surface area contributed by atoms with Crippen LogP contribution in [0.4, 0.5) is 4.79 Å². The molecule has 0 N–H and O–H groups in total. The summed E-state index contributed by atoms with van der Waals surface area (Å²) in [6, 6.07) is 8.23. The van der Waals surface area contributed by atoms with Crippen LogP contribution in [0.3, 0.4) is 0 Å². The molecule has 0 radical (unpaired) electrons. The summed E-state index contributed by atoms with van der Waals surface area (Å²) in [5.41, 5.74) is 1.16. The highest BCUT2D eigenvalue weighted by atomic mass is 79.9. The molecular formula is C27H32BrClN4O5S. The number of ether oxygens (including phenoxy) is 1. The molecule has 0 bridgehead atoms. The zero-order valence-corrected chi connectivity index (χ0v) is 25.6. The van der Waals surface area contributed by atoms with Crippen LogP contribution in [-0.4, -0.2) is 71.4 Å². The molecule has 0 unspecified atom stereocenters. The Balaban J connectivity index is 1.53. The first-order valence-electron chi connectivity index (χ1n) is 12.7. The molecule has 0 spiro atoms. The van der Waals surface area contributed by atoms with Gasteiger partial charge in [0.1, 0.15) is 5.60 Å². The van der Waals surface area contributed by atoms with Gasteiger partial charge in [-0.3, -0.25) is 14.3 Å². The third-order valence-electron chi connectivity index (χ3n) is 6.49. The van der Waals surface area contributed by atoms with Crippen LogP contribution in [0, 0.1) is 0 Å². The van der Waals surface area contributed by atoms with E-state index in [1.807, 2.05) is 26.8 Å². The maximum absolute atomic E-state index is 13.4. The fourth-order valence-electron chi connectivity index (χ4n) is 4.43. The molecule has 1 amide bonds. The number of fused-ring (bicyclic) bond motifs is 1. The number of carbonyl (C=O) groups is 1. The van der Waals surface area contributed by atoms with E-state index >= 15 is 0 Å². The molecule has 1 saturated heterocycles. The van der Waals surface area contributed by atoms with E-state index in [0.29, 0.717) is 54.2 Å². The summed E-state index contributed by atoms with van der Waals surface area (Å²) in [7, 11) is -3.50. The normalized spacial score (nSPS) is 15.1. The van der Waals surface area contributed by atoms with Gasteiger partial charge in [0.25, 0.3) is 5.56 Å². The van der Waals surface area contributed by atoms with E-state index < -0.39 is 15.4 Å². The highest BCUT2D eigenvalue weighted by molar-refractivity contribution is 9.10. The summed E-state index contributed by atoms with van der Waals surface area (Å²) in [5.74, 6) is -0.0573.